The lowest BCUT2D eigenvalue weighted by molar-refractivity contribution is -0.143. The van der Waals surface area contributed by atoms with Gasteiger partial charge in [-0.15, -0.1) is 0 Å². The van der Waals surface area contributed by atoms with Crippen molar-refractivity contribution >= 4 is 23.8 Å². The van der Waals surface area contributed by atoms with Gasteiger partial charge in [0.1, 0.15) is 23.7 Å². The number of nitrogens with zero attached hydrogens (tertiary/aromatic N) is 2. The zero-order valence-electron chi connectivity index (χ0n) is 24.0. The molecule has 1 fully saturated rings. The summed E-state index contributed by atoms with van der Waals surface area (Å²) in [7, 11) is 1.48. The smallest absolute Gasteiger partial charge is 0.410 e. The summed E-state index contributed by atoms with van der Waals surface area (Å²) < 4.78 is 5.36. The molecule has 0 radical (unpaired) electrons. The van der Waals surface area contributed by atoms with Crippen molar-refractivity contribution in [2.24, 2.45) is 11.7 Å². The van der Waals surface area contributed by atoms with E-state index in [0.717, 1.165) is 5.56 Å². The summed E-state index contributed by atoms with van der Waals surface area (Å²) >= 11 is 0. The number of carbonyl (C=O) groups excluding carboxylic acids is 4. The van der Waals surface area contributed by atoms with Gasteiger partial charge >= 0.3 is 6.09 Å². The van der Waals surface area contributed by atoms with Crippen LogP contribution in [0.5, 0.6) is 0 Å². The number of likely N-dealkylation sites (tertiary alicyclic amines) is 1. The van der Waals surface area contributed by atoms with Crippen molar-refractivity contribution in [3.8, 4) is 0 Å². The first-order chi connectivity index (χ1) is 17.7. The van der Waals surface area contributed by atoms with Crippen molar-refractivity contribution in [2.75, 3.05) is 13.6 Å². The van der Waals surface area contributed by atoms with E-state index in [4.69, 9.17) is 10.5 Å². The average Bonchev–Trinajstić information content (AvgIpc) is 3.26. The topological polar surface area (TPSA) is 134 Å². The molecule has 1 aromatic rings. The summed E-state index contributed by atoms with van der Waals surface area (Å²) in [4.78, 5) is 55.3. The molecule has 0 bridgehead atoms. The van der Waals surface area contributed by atoms with E-state index < -0.39 is 35.7 Å². The van der Waals surface area contributed by atoms with Gasteiger partial charge < -0.3 is 26.0 Å². The first kappa shape index (κ1) is 31.1. The van der Waals surface area contributed by atoms with Crippen LogP contribution in [-0.4, -0.2) is 77.0 Å². The monoisotopic (exact) mass is 531 g/mol. The number of carbonyl (C=O) groups is 4. The van der Waals surface area contributed by atoms with E-state index in [1.165, 1.54) is 16.8 Å². The maximum atomic E-state index is 13.8. The molecule has 4 N–H and O–H groups in total. The quantitative estimate of drug-likeness (QED) is 0.448. The molecule has 0 unspecified atom stereocenters. The van der Waals surface area contributed by atoms with Crippen LogP contribution < -0.4 is 16.4 Å². The van der Waals surface area contributed by atoms with Crippen LogP contribution in [0.3, 0.4) is 0 Å². The first-order valence-corrected chi connectivity index (χ1v) is 13.3. The Kier molecular flexibility index (Phi) is 10.7. The van der Waals surface area contributed by atoms with E-state index in [1.807, 2.05) is 51.1 Å². The van der Waals surface area contributed by atoms with E-state index in [1.54, 1.807) is 27.7 Å². The number of likely N-dealkylation sites (N-methyl/N-ethyl adjacent to an activating group) is 1. The molecule has 10 heteroatoms. The minimum atomic E-state index is -0.880. The highest BCUT2D eigenvalue weighted by Gasteiger charge is 2.42. The summed E-state index contributed by atoms with van der Waals surface area (Å²) in [6, 6.07) is 6.47. The molecule has 212 valence electrons. The number of nitrogens with one attached hydrogen (secondary N) is 2. The predicted octanol–water partition coefficient (Wildman–Crippen LogP) is 2.58. The number of nitrogens with two attached hydrogens (primary N) is 1. The Morgan fingerprint density at radius 2 is 1.71 bits per heavy atom. The molecule has 0 aliphatic carbocycles. The van der Waals surface area contributed by atoms with E-state index in [0.29, 0.717) is 12.8 Å². The van der Waals surface area contributed by atoms with Gasteiger partial charge in [-0.3, -0.25) is 19.3 Å². The van der Waals surface area contributed by atoms with Crippen LogP contribution in [0.25, 0.3) is 0 Å². The molecule has 1 aromatic carbocycles. The summed E-state index contributed by atoms with van der Waals surface area (Å²) in [5, 5.41) is 5.83. The SMILES string of the molecule is CC[C@H](C)[C@H](NC(=O)[C@H](C)N(C)C(=O)OC(C)(C)C)C(=O)N1C[C@@H](N)C[C@H]1C(=O)N[C@H](C)c1ccccc1. The normalized spacial score (nSPS) is 20.6. The summed E-state index contributed by atoms with van der Waals surface area (Å²) in [5.74, 6) is -1.34. The van der Waals surface area contributed by atoms with Crippen LogP contribution in [0.1, 0.15) is 72.9 Å². The lowest BCUT2D eigenvalue weighted by Gasteiger charge is -2.33. The molecule has 2 rings (SSSR count). The molecular weight excluding hydrogens is 486 g/mol. The number of hydrogen-bond donors (Lipinski definition) is 3. The van der Waals surface area contributed by atoms with Crippen LogP contribution >= 0.6 is 0 Å². The Hall–Kier alpha value is -3.14. The zero-order chi connectivity index (χ0) is 28.8. The van der Waals surface area contributed by atoms with Crippen LogP contribution in [-0.2, 0) is 19.1 Å². The molecule has 1 heterocycles. The van der Waals surface area contributed by atoms with Crippen LogP contribution in [0, 0.1) is 5.92 Å². The van der Waals surface area contributed by atoms with E-state index in [9.17, 15) is 19.2 Å². The summed E-state index contributed by atoms with van der Waals surface area (Å²) in [5.41, 5.74) is 6.44. The third kappa shape index (κ3) is 8.18. The second-order valence-electron chi connectivity index (χ2n) is 11.3. The maximum Gasteiger partial charge on any atom is 0.410 e. The summed E-state index contributed by atoms with van der Waals surface area (Å²) in [6.45, 7) is 12.7. The third-order valence-corrected chi connectivity index (χ3v) is 7.00. The Labute approximate surface area is 226 Å². The van der Waals surface area contributed by atoms with Gasteiger partial charge in [0.25, 0.3) is 0 Å². The average molecular weight is 532 g/mol. The van der Waals surface area contributed by atoms with Gasteiger partial charge in [-0.05, 0) is 52.5 Å². The number of amides is 4. The predicted molar refractivity (Wildman–Crippen MR) is 146 cm³/mol. The van der Waals surface area contributed by atoms with Gasteiger partial charge in [-0.25, -0.2) is 4.79 Å². The zero-order valence-corrected chi connectivity index (χ0v) is 24.0. The van der Waals surface area contributed by atoms with Gasteiger partial charge in [-0.1, -0.05) is 50.6 Å². The van der Waals surface area contributed by atoms with E-state index in [2.05, 4.69) is 10.6 Å². The fraction of sp³-hybridized carbons (Fsp3) is 0.643. The molecule has 0 spiro atoms. The highest BCUT2D eigenvalue weighted by atomic mass is 16.6. The lowest BCUT2D eigenvalue weighted by atomic mass is 9.97. The molecule has 4 amide bonds. The Morgan fingerprint density at radius 3 is 2.26 bits per heavy atom. The molecule has 38 heavy (non-hydrogen) atoms. The molecule has 10 nitrogen and oxygen atoms in total. The van der Waals surface area contributed by atoms with E-state index >= 15 is 0 Å². The molecular formula is C28H45N5O5. The molecule has 1 saturated heterocycles. The van der Waals surface area contributed by atoms with Crippen LogP contribution in [0.4, 0.5) is 4.79 Å². The highest BCUT2D eigenvalue weighted by Crippen LogP contribution is 2.23. The fourth-order valence-electron chi connectivity index (χ4n) is 4.30. The van der Waals surface area contributed by atoms with Crippen molar-refractivity contribution in [2.45, 2.75) is 97.1 Å². The summed E-state index contributed by atoms with van der Waals surface area (Å²) in [6.07, 6.45) is 0.314. The number of hydrogen-bond acceptors (Lipinski definition) is 6. The minimum Gasteiger partial charge on any atom is -0.444 e. The second-order valence-corrected chi connectivity index (χ2v) is 11.3. The molecule has 0 aromatic heterocycles. The molecule has 6 atom stereocenters. The Morgan fingerprint density at radius 1 is 1.11 bits per heavy atom. The molecule has 1 aliphatic rings. The second kappa shape index (κ2) is 13.1. The Balaban J connectivity index is 2.17. The van der Waals surface area contributed by atoms with Crippen molar-refractivity contribution < 1.29 is 23.9 Å². The maximum absolute atomic E-state index is 13.8. The largest absolute Gasteiger partial charge is 0.444 e. The molecule has 1 aliphatic heterocycles. The minimum absolute atomic E-state index is 0.214. The molecule has 0 saturated carbocycles. The number of ether oxygens (including phenoxy) is 1. The highest BCUT2D eigenvalue weighted by molar-refractivity contribution is 5.94. The van der Waals surface area contributed by atoms with Crippen molar-refractivity contribution in [3.63, 3.8) is 0 Å². The van der Waals surface area contributed by atoms with Gasteiger partial charge in [-0.2, -0.15) is 0 Å². The Bertz CT molecular complexity index is 980. The van der Waals surface area contributed by atoms with Crippen molar-refractivity contribution in [1.29, 1.82) is 0 Å². The third-order valence-electron chi connectivity index (χ3n) is 7.00. The van der Waals surface area contributed by atoms with Crippen molar-refractivity contribution in [1.82, 2.24) is 20.4 Å². The lowest BCUT2D eigenvalue weighted by Crippen LogP contribution is -2.58. The first-order valence-electron chi connectivity index (χ1n) is 13.3. The van der Waals surface area contributed by atoms with Gasteiger partial charge in [0.15, 0.2) is 0 Å². The van der Waals surface area contributed by atoms with Gasteiger partial charge in [0.05, 0.1) is 6.04 Å². The van der Waals surface area contributed by atoms with Crippen LogP contribution in [0.15, 0.2) is 30.3 Å². The fourth-order valence-corrected chi connectivity index (χ4v) is 4.30. The van der Waals surface area contributed by atoms with Crippen LogP contribution in [0.2, 0.25) is 0 Å². The van der Waals surface area contributed by atoms with Gasteiger partial charge in [0, 0.05) is 19.6 Å². The number of rotatable bonds is 9. The standard InChI is InChI=1S/C28H45N5O5/c1-9-17(2)23(31-24(34)19(4)32(8)27(37)38-28(5,6)7)26(36)33-16-21(29)15-22(33)25(35)30-18(3)20-13-11-10-12-14-20/h10-14,17-19,21-23H,9,15-16,29H2,1-8H3,(H,30,35)(H,31,34)/t17-,18+,19-,21-,22-,23-/m0/s1. The van der Waals surface area contributed by atoms with E-state index in [-0.39, 0.29) is 36.4 Å². The number of benzene rings is 1. The van der Waals surface area contributed by atoms with Gasteiger partial charge in [0.2, 0.25) is 17.7 Å². The van der Waals surface area contributed by atoms with Crippen molar-refractivity contribution in [3.05, 3.63) is 35.9 Å².